The zero-order chi connectivity index (χ0) is 15.8. The number of esters is 1. The van der Waals surface area contributed by atoms with E-state index in [0.29, 0.717) is 17.2 Å². The van der Waals surface area contributed by atoms with Gasteiger partial charge in [0.2, 0.25) is 0 Å². The van der Waals surface area contributed by atoms with Crippen LogP contribution < -0.4 is 10.7 Å². The van der Waals surface area contributed by atoms with Crippen molar-refractivity contribution in [3.63, 3.8) is 0 Å². The molecule has 0 bridgehead atoms. The van der Waals surface area contributed by atoms with Gasteiger partial charge in [0.05, 0.1) is 31.7 Å². The fraction of sp³-hybridized carbons (Fsp3) is 0.133. The first-order valence-corrected chi connectivity index (χ1v) is 6.87. The minimum atomic E-state index is -0.370. The molecule has 114 valence electrons. The predicted molar refractivity (Wildman–Crippen MR) is 86.7 cm³/mol. The molecular weight excluding hydrogens is 302 g/mol. The quantitative estimate of drug-likeness (QED) is 0.380. The lowest BCUT2D eigenvalue weighted by Crippen LogP contribution is -2.31. The summed E-state index contributed by atoms with van der Waals surface area (Å²) in [6.45, 7) is 0.488. The van der Waals surface area contributed by atoms with Crippen LogP contribution in [0.5, 0.6) is 0 Å². The summed E-state index contributed by atoms with van der Waals surface area (Å²) in [5.74, 6) is 0.413. The highest BCUT2D eigenvalue weighted by Gasteiger charge is 2.03. The van der Waals surface area contributed by atoms with Crippen molar-refractivity contribution in [1.82, 2.24) is 10.7 Å². The Hall–Kier alpha value is -2.67. The number of thiocarbonyl (C=S) groups is 1. The zero-order valence-corrected chi connectivity index (χ0v) is 12.7. The second kappa shape index (κ2) is 7.94. The number of carbonyl (C=O) groups is 1. The molecule has 1 aromatic carbocycles. The van der Waals surface area contributed by atoms with Gasteiger partial charge in [-0.25, -0.2) is 4.79 Å². The minimum absolute atomic E-state index is 0.370. The predicted octanol–water partition coefficient (Wildman–Crippen LogP) is 2.06. The first kappa shape index (κ1) is 15.7. The summed E-state index contributed by atoms with van der Waals surface area (Å²) in [6, 6.07) is 10.5. The van der Waals surface area contributed by atoms with Crippen molar-refractivity contribution in [3.8, 4) is 0 Å². The molecule has 22 heavy (non-hydrogen) atoms. The molecule has 0 saturated heterocycles. The van der Waals surface area contributed by atoms with Crippen LogP contribution in [0.15, 0.2) is 52.2 Å². The van der Waals surface area contributed by atoms with Crippen molar-refractivity contribution in [3.05, 3.63) is 59.5 Å². The monoisotopic (exact) mass is 317 g/mol. The molecule has 0 aliphatic heterocycles. The molecule has 1 heterocycles. The highest BCUT2D eigenvalue weighted by Crippen LogP contribution is 2.03. The molecule has 2 aromatic rings. The van der Waals surface area contributed by atoms with E-state index in [4.69, 9.17) is 16.6 Å². The second-order valence-corrected chi connectivity index (χ2v) is 4.65. The van der Waals surface area contributed by atoms with Gasteiger partial charge in [-0.1, -0.05) is 12.1 Å². The summed E-state index contributed by atoms with van der Waals surface area (Å²) in [5.41, 5.74) is 4.02. The Kier molecular flexibility index (Phi) is 5.67. The third kappa shape index (κ3) is 4.71. The van der Waals surface area contributed by atoms with E-state index in [1.807, 2.05) is 12.1 Å². The van der Waals surface area contributed by atoms with E-state index in [1.54, 1.807) is 36.7 Å². The minimum Gasteiger partial charge on any atom is -0.467 e. The number of ether oxygens (including phenoxy) is 1. The standard InChI is InChI=1S/C15H15N3O3S/c1-20-14(19)12-6-4-11(5-7-12)9-17-18-15(22)16-10-13-3-2-8-21-13/h2-9H,10H2,1H3,(H2,16,18,22). The highest BCUT2D eigenvalue weighted by molar-refractivity contribution is 7.80. The number of carbonyl (C=O) groups excluding carboxylic acids is 1. The number of rotatable bonds is 5. The number of methoxy groups -OCH3 is 1. The average molecular weight is 317 g/mol. The molecule has 0 aliphatic rings. The van der Waals surface area contributed by atoms with Crippen LogP contribution in [0, 0.1) is 0 Å². The van der Waals surface area contributed by atoms with Crippen LogP contribution in [-0.4, -0.2) is 24.4 Å². The first-order chi connectivity index (χ1) is 10.7. The summed E-state index contributed by atoms with van der Waals surface area (Å²) in [5, 5.41) is 7.35. The normalized spacial score (nSPS) is 10.4. The van der Waals surface area contributed by atoms with Crippen LogP contribution >= 0.6 is 12.2 Å². The average Bonchev–Trinajstić information content (AvgIpc) is 3.06. The number of hydrogen-bond acceptors (Lipinski definition) is 5. The lowest BCUT2D eigenvalue weighted by atomic mass is 10.1. The van der Waals surface area contributed by atoms with Crippen LogP contribution in [0.4, 0.5) is 0 Å². The lowest BCUT2D eigenvalue weighted by molar-refractivity contribution is 0.0600. The van der Waals surface area contributed by atoms with Crippen molar-refractivity contribution in [2.75, 3.05) is 7.11 Å². The van der Waals surface area contributed by atoms with E-state index in [-0.39, 0.29) is 5.97 Å². The summed E-state index contributed by atoms with van der Waals surface area (Å²) in [6.07, 6.45) is 3.20. The van der Waals surface area contributed by atoms with Gasteiger partial charge >= 0.3 is 5.97 Å². The third-order valence-corrected chi connectivity index (χ3v) is 2.95. The Balaban J connectivity index is 1.79. The lowest BCUT2D eigenvalue weighted by Gasteiger charge is -2.04. The summed E-state index contributed by atoms with van der Waals surface area (Å²) < 4.78 is 9.80. The Bertz CT molecular complexity index is 651. The van der Waals surface area contributed by atoms with E-state index >= 15 is 0 Å². The van der Waals surface area contributed by atoms with Crippen LogP contribution in [0.2, 0.25) is 0 Å². The smallest absolute Gasteiger partial charge is 0.337 e. The van der Waals surface area contributed by atoms with Gasteiger partial charge in [0.15, 0.2) is 5.11 Å². The molecule has 0 spiro atoms. The molecule has 0 aliphatic carbocycles. The van der Waals surface area contributed by atoms with Crippen molar-refractivity contribution in [1.29, 1.82) is 0 Å². The topological polar surface area (TPSA) is 75.9 Å². The molecule has 6 nitrogen and oxygen atoms in total. The maximum absolute atomic E-state index is 11.3. The van der Waals surface area contributed by atoms with Crippen LogP contribution in [0.25, 0.3) is 0 Å². The highest BCUT2D eigenvalue weighted by atomic mass is 32.1. The Morgan fingerprint density at radius 3 is 2.77 bits per heavy atom. The van der Waals surface area contributed by atoms with Crippen LogP contribution in [0.1, 0.15) is 21.7 Å². The Morgan fingerprint density at radius 1 is 1.36 bits per heavy atom. The van der Waals surface area contributed by atoms with E-state index in [1.165, 1.54) is 7.11 Å². The number of nitrogens with one attached hydrogen (secondary N) is 2. The Labute approximate surface area is 133 Å². The molecule has 1 aromatic heterocycles. The van der Waals surface area contributed by atoms with E-state index in [9.17, 15) is 4.79 Å². The van der Waals surface area contributed by atoms with Gasteiger partial charge in [0.25, 0.3) is 0 Å². The van der Waals surface area contributed by atoms with Gasteiger partial charge in [-0.15, -0.1) is 0 Å². The van der Waals surface area contributed by atoms with Gasteiger partial charge in [0.1, 0.15) is 5.76 Å². The second-order valence-electron chi connectivity index (χ2n) is 4.25. The molecule has 0 radical (unpaired) electrons. The number of benzene rings is 1. The summed E-state index contributed by atoms with van der Waals surface area (Å²) >= 11 is 5.07. The summed E-state index contributed by atoms with van der Waals surface area (Å²) in [4.78, 5) is 11.3. The third-order valence-electron chi connectivity index (χ3n) is 2.71. The molecule has 0 fully saturated rings. The SMILES string of the molecule is COC(=O)c1ccc(C=NNC(=S)NCc2ccco2)cc1. The molecular formula is C15H15N3O3S. The van der Waals surface area contributed by atoms with Crippen LogP contribution in [-0.2, 0) is 11.3 Å². The number of nitrogens with zero attached hydrogens (tertiary/aromatic N) is 1. The molecule has 2 N–H and O–H groups in total. The van der Waals surface area contributed by atoms with Crippen molar-refractivity contribution >= 4 is 29.5 Å². The van der Waals surface area contributed by atoms with Gasteiger partial charge in [0, 0.05) is 0 Å². The number of hydrazone groups is 1. The molecule has 0 unspecified atom stereocenters. The molecule has 0 atom stereocenters. The Morgan fingerprint density at radius 2 is 2.14 bits per heavy atom. The molecule has 0 amide bonds. The van der Waals surface area contributed by atoms with Crippen molar-refractivity contribution in [2.24, 2.45) is 5.10 Å². The van der Waals surface area contributed by atoms with E-state index in [0.717, 1.165) is 11.3 Å². The van der Waals surface area contributed by atoms with Gasteiger partial charge in [-0.3, -0.25) is 5.43 Å². The fourth-order valence-electron chi connectivity index (χ4n) is 1.61. The van der Waals surface area contributed by atoms with Gasteiger partial charge in [-0.05, 0) is 42.0 Å². The van der Waals surface area contributed by atoms with Crippen molar-refractivity contribution in [2.45, 2.75) is 6.54 Å². The summed E-state index contributed by atoms with van der Waals surface area (Å²) in [7, 11) is 1.35. The van der Waals surface area contributed by atoms with Gasteiger partial charge in [-0.2, -0.15) is 5.10 Å². The molecule has 7 heteroatoms. The van der Waals surface area contributed by atoms with Gasteiger partial charge < -0.3 is 14.5 Å². The maximum atomic E-state index is 11.3. The number of hydrogen-bond donors (Lipinski definition) is 2. The fourth-order valence-corrected chi connectivity index (χ4v) is 1.73. The zero-order valence-electron chi connectivity index (χ0n) is 11.9. The maximum Gasteiger partial charge on any atom is 0.337 e. The van der Waals surface area contributed by atoms with E-state index < -0.39 is 0 Å². The van der Waals surface area contributed by atoms with Crippen molar-refractivity contribution < 1.29 is 13.9 Å². The molecule has 0 saturated carbocycles. The van der Waals surface area contributed by atoms with E-state index in [2.05, 4.69) is 20.6 Å². The first-order valence-electron chi connectivity index (χ1n) is 6.46. The molecule has 2 rings (SSSR count). The largest absolute Gasteiger partial charge is 0.467 e. The van der Waals surface area contributed by atoms with Crippen LogP contribution in [0.3, 0.4) is 0 Å². The number of furan rings is 1.